The Morgan fingerprint density at radius 1 is 1.32 bits per heavy atom. The summed E-state index contributed by atoms with van der Waals surface area (Å²) in [7, 11) is 0. The number of carbonyl (C=O) groups is 3. The van der Waals surface area contributed by atoms with Gasteiger partial charge < -0.3 is 25.7 Å². The maximum Gasteiger partial charge on any atom is 0.246 e. The molecule has 2 aromatic rings. The van der Waals surface area contributed by atoms with Crippen LogP contribution >= 0.6 is 11.3 Å². The molecule has 1 saturated heterocycles. The van der Waals surface area contributed by atoms with E-state index in [1.807, 2.05) is 19.1 Å². The molecule has 0 radical (unpaired) electrons. The van der Waals surface area contributed by atoms with Crippen molar-refractivity contribution in [2.45, 2.75) is 71.7 Å². The van der Waals surface area contributed by atoms with E-state index >= 15 is 0 Å². The smallest absolute Gasteiger partial charge is 0.246 e. The standard InChI is InChI=1S/C27H33N5O5S/c1-15-21(38-14-30-15)16-5-6-17(20(34)9-16)11-29-23(35)19-10-18(33)12-32(19)24(36)22(26(2,3)4)31-25(37)27(13-28)7-8-27/h5-6,9,14,18-19,22,33-34H,7-8,10-12H2,1-4H3,(H,29,35)(H,31,37)/t18-,19?,22-/m1/s1. The predicted molar refractivity (Wildman–Crippen MR) is 141 cm³/mol. The zero-order chi connectivity index (χ0) is 27.8. The number of hydrogen-bond acceptors (Lipinski definition) is 8. The molecule has 38 heavy (non-hydrogen) atoms. The summed E-state index contributed by atoms with van der Waals surface area (Å²) < 4.78 is 0. The molecule has 2 aliphatic rings. The van der Waals surface area contributed by atoms with E-state index in [1.165, 1.54) is 16.2 Å². The van der Waals surface area contributed by atoms with E-state index in [0.29, 0.717) is 18.4 Å². The van der Waals surface area contributed by atoms with E-state index in [4.69, 9.17) is 0 Å². The van der Waals surface area contributed by atoms with Crippen LogP contribution in [0.25, 0.3) is 10.4 Å². The van der Waals surface area contributed by atoms with Gasteiger partial charge in [-0.15, -0.1) is 11.3 Å². The van der Waals surface area contributed by atoms with E-state index in [1.54, 1.807) is 38.4 Å². The van der Waals surface area contributed by atoms with Crippen molar-refractivity contribution in [1.82, 2.24) is 20.5 Å². The lowest BCUT2D eigenvalue weighted by Gasteiger charge is -2.35. The molecule has 10 nitrogen and oxygen atoms in total. The third kappa shape index (κ3) is 5.51. The minimum atomic E-state index is -1.10. The average Bonchev–Trinajstić information content (AvgIpc) is 3.40. The molecule has 2 heterocycles. The van der Waals surface area contributed by atoms with Crippen LogP contribution in [0.2, 0.25) is 0 Å². The van der Waals surface area contributed by atoms with Gasteiger partial charge in [-0.25, -0.2) is 4.98 Å². The van der Waals surface area contributed by atoms with Crippen molar-refractivity contribution in [2.75, 3.05) is 6.54 Å². The Morgan fingerprint density at radius 3 is 2.58 bits per heavy atom. The summed E-state index contributed by atoms with van der Waals surface area (Å²) in [6, 6.07) is 5.32. The SMILES string of the molecule is Cc1ncsc1-c1ccc(CNC(=O)C2C[C@@H](O)CN2C(=O)[C@@H](NC(=O)C2(C#N)CC2)C(C)(C)C)c(O)c1. The third-order valence-corrected chi connectivity index (χ3v) is 8.18. The van der Waals surface area contributed by atoms with Gasteiger partial charge in [-0.1, -0.05) is 32.9 Å². The maximum absolute atomic E-state index is 13.6. The Balaban J connectivity index is 1.45. The molecule has 4 N–H and O–H groups in total. The highest BCUT2D eigenvalue weighted by atomic mass is 32.1. The quantitative estimate of drug-likeness (QED) is 0.420. The molecule has 3 amide bonds. The first-order valence-electron chi connectivity index (χ1n) is 12.6. The molecule has 4 rings (SSSR count). The zero-order valence-corrected chi connectivity index (χ0v) is 22.8. The van der Waals surface area contributed by atoms with Crippen LogP contribution in [-0.4, -0.2) is 62.6 Å². The molecular formula is C27H33N5O5S. The number of phenols is 1. The molecule has 1 aliphatic heterocycles. The summed E-state index contributed by atoms with van der Waals surface area (Å²) in [6.45, 7) is 7.27. The number of nitrogens with one attached hydrogen (secondary N) is 2. The third-order valence-electron chi connectivity index (χ3n) is 7.20. The number of β-amino-alcohol motifs (C(OH)–C–C–N with tert-alkyl or cyclic N) is 1. The van der Waals surface area contributed by atoms with Gasteiger partial charge in [0.15, 0.2) is 0 Å². The highest BCUT2D eigenvalue weighted by Gasteiger charge is 2.53. The number of benzene rings is 1. The van der Waals surface area contributed by atoms with Crippen molar-refractivity contribution in [3.8, 4) is 22.3 Å². The van der Waals surface area contributed by atoms with E-state index in [0.717, 1.165) is 16.1 Å². The number of phenolic OH excluding ortho intramolecular Hbond substituents is 1. The summed E-state index contributed by atoms with van der Waals surface area (Å²) in [4.78, 5) is 46.0. The summed E-state index contributed by atoms with van der Waals surface area (Å²) in [5.41, 5.74) is 2.14. The maximum atomic E-state index is 13.6. The fourth-order valence-corrected chi connectivity index (χ4v) is 5.44. The number of aliphatic hydroxyl groups excluding tert-OH is 1. The first-order valence-corrected chi connectivity index (χ1v) is 13.4. The number of aromatic hydroxyl groups is 1. The van der Waals surface area contributed by atoms with Gasteiger partial charge in [0.2, 0.25) is 17.7 Å². The molecule has 1 unspecified atom stereocenters. The molecule has 0 bridgehead atoms. The van der Waals surface area contributed by atoms with Gasteiger partial charge in [0.25, 0.3) is 0 Å². The number of aliphatic hydroxyl groups is 1. The van der Waals surface area contributed by atoms with E-state index < -0.39 is 46.7 Å². The molecule has 2 fully saturated rings. The van der Waals surface area contributed by atoms with Gasteiger partial charge in [-0.05, 0) is 36.8 Å². The van der Waals surface area contributed by atoms with Gasteiger partial charge in [0, 0.05) is 25.1 Å². The number of likely N-dealkylation sites (tertiary alicyclic amines) is 1. The van der Waals surface area contributed by atoms with Crippen LogP contribution in [-0.2, 0) is 20.9 Å². The highest BCUT2D eigenvalue weighted by Crippen LogP contribution is 2.45. The second-order valence-corrected chi connectivity index (χ2v) is 12.0. The first-order chi connectivity index (χ1) is 17.9. The summed E-state index contributed by atoms with van der Waals surface area (Å²) in [5.74, 6) is -1.41. The van der Waals surface area contributed by atoms with Crippen LogP contribution in [0.3, 0.4) is 0 Å². The molecule has 202 valence electrons. The minimum Gasteiger partial charge on any atom is -0.508 e. The van der Waals surface area contributed by atoms with Gasteiger partial charge in [-0.2, -0.15) is 5.26 Å². The zero-order valence-electron chi connectivity index (χ0n) is 21.9. The van der Waals surface area contributed by atoms with Crippen molar-refractivity contribution in [2.24, 2.45) is 10.8 Å². The van der Waals surface area contributed by atoms with E-state index in [2.05, 4.69) is 15.6 Å². The summed E-state index contributed by atoms with van der Waals surface area (Å²) in [5, 5.41) is 35.8. The van der Waals surface area contributed by atoms with Crippen molar-refractivity contribution in [1.29, 1.82) is 5.26 Å². The Hall–Kier alpha value is -3.49. The number of nitrogens with zero attached hydrogens (tertiary/aromatic N) is 3. The average molecular weight is 540 g/mol. The lowest BCUT2D eigenvalue weighted by molar-refractivity contribution is -0.144. The van der Waals surface area contributed by atoms with Gasteiger partial charge in [0.1, 0.15) is 23.2 Å². The fraction of sp³-hybridized carbons (Fsp3) is 0.519. The molecule has 0 spiro atoms. The first kappa shape index (κ1) is 27.5. The number of nitriles is 1. The number of hydrogen-bond donors (Lipinski definition) is 4. The Kier molecular flexibility index (Phi) is 7.50. The van der Waals surface area contributed by atoms with Crippen LogP contribution in [0.1, 0.15) is 51.3 Å². The lowest BCUT2D eigenvalue weighted by Crippen LogP contribution is -2.58. The van der Waals surface area contributed by atoms with Crippen molar-refractivity contribution in [3.63, 3.8) is 0 Å². The molecule has 1 aliphatic carbocycles. The second-order valence-electron chi connectivity index (χ2n) is 11.2. The van der Waals surface area contributed by atoms with Crippen molar-refractivity contribution < 1.29 is 24.6 Å². The Morgan fingerprint density at radius 2 is 2.03 bits per heavy atom. The number of amides is 3. The van der Waals surface area contributed by atoms with Gasteiger partial charge in [0.05, 0.1) is 28.3 Å². The van der Waals surface area contributed by atoms with Crippen LogP contribution in [0.15, 0.2) is 23.7 Å². The van der Waals surface area contributed by atoms with Crippen molar-refractivity contribution in [3.05, 3.63) is 35.0 Å². The Labute approximate surface area is 225 Å². The lowest BCUT2D eigenvalue weighted by atomic mass is 9.85. The highest BCUT2D eigenvalue weighted by molar-refractivity contribution is 7.13. The van der Waals surface area contributed by atoms with E-state index in [-0.39, 0.29) is 25.3 Å². The monoisotopic (exact) mass is 539 g/mol. The number of carbonyl (C=O) groups excluding carboxylic acids is 3. The number of aromatic nitrogens is 1. The molecule has 1 saturated carbocycles. The fourth-order valence-electron chi connectivity index (χ4n) is 4.64. The summed E-state index contributed by atoms with van der Waals surface area (Å²) >= 11 is 1.47. The molecular weight excluding hydrogens is 506 g/mol. The second kappa shape index (κ2) is 10.3. The molecule has 3 atom stereocenters. The molecule has 11 heteroatoms. The predicted octanol–water partition coefficient (Wildman–Crippen LogP) is 2.24. The van der Waals surface area contributed by atoms with Crippen LogP contribution < -0.4 is 10.6 Å². The minimum absolute atomic E-state index is 0.0250. The normalized spacial score (nSPS) is 20.9. The van der Waals surface area contributed by atoms with Crippen LogP contribution in [0.4, 0.5) is 0 Å². The Bertz CT molecular complexity index is 1290. The topological polar surface area (TPSA) is 156 Å². The molecule has 1 aromatic heterocycles. The van der Waals surface area contributed by atoms with Gasteiger partial charge in [-0.3, -0.25) is 14.4 Å². The number of rotatable bonds is 7. The molecule has 1 aromatic carbocycles. The van der Waals surface area contributed by atoms with Crippen LogP contribution in [0.5, 0.6) is 5.75 Å². The van der Waals surface area contributed by atoms with E-state index in [9.17, 15) is 29.9 Å². The van der Waals surface area contributed by atoms with Crippen molar-refractivity contribution >= 4 is 29.1 Å². The number of thiazole rings is 1. The largest absolute Gasteiger partial charge is 0.508 e. The van der Waals surface area contributed by atoms with Crippen LogP contribution in [0, 0.1) is 29.1 Å². The summed E-state index contributed by atoms with van der Waals surface area (Å²) in [6.07, 6.45) is 0.0621. The number of aryl methyl sites for hydroxylation is 1. The van der Waals surface area contributed by atoms with Gasteiger partial charge >= 0.3 is 0 Å².